The molecule has 17 heavy (non-hydrogen) atoms. The van der Waals surface area contributed by atoms with Crippen molar-refractivity contribution in [3.8, 4) is 0 Å². The topological polar surface area (TPSA) is 42.2 Å². The zero-order valence-corrected chi connectivity index (χ0v) is 11.5. The molecule has 90 valence electrons. The van der Waals surface area contributed by atoms with E-state index in [2.05, 4.69) is 4.98 Å². The average molecular weight is 288 g/mol. The Balaban J connectivity index is 2.24. The molecule has 1 aromatic carbocycles. The highest BCUT2D eigenvalue weighted by Crippen LogP contribution is 2.33. The molecule has 0 spiro atoms. The lowest BCUT2D eigenvalue weighted by atomic mass is 10.2. The lowest BCUT2D eigenvalue weighted by molar-refractivity contribution is 0.896. The van der Waals surface area contributed by atoms with Crippen LogP contribution in [0.2, 0.25) is 10.0 Å². The van der Waals surface area contributed by atoms with Gasteiger partial charge in [-0.3, -0.25) is 0 Å². The minimum Gasteiger partial charge on any atom is -0.397 e. The Kier molecular flexibility index (Phi) is 3.76. The van der Waals surface area contributed by atoms with Crippen LogP contribution in [0.5, 0.6) is 0 Å². The van der Waals surface area contributed by atoms with Gasteiger partial charge < -0.3 is 10.6 Å². The molecule has 0 unspecified atom stereocenters. The maximum Gasteiger partial charge on any atom is 0.0795 e. The molecule has 0 radical (unpaired) electrons. The van der Waals surface area contributed by atoms with Crippen LogP contribution in [0.1, 0.15) is 5.69 Å². The lowest BCUT2D eigenvalue weighted by Gasteiger charge is -2.20. The van der Waals surface area contributed by atoms with Gasteiger partial charge in [0.05, 0.1) is 39.2 Å². The highest BCUT2D eigenvalue weighted by Gasteiger charge is 2.10. The van der Waals surface area contributed by atoms with Crippen LogP contribution < -0.4 is 10.6 Å². The third-order valence-electron chi connectivity index (χ3n) is 2.36. The van der Waals surface area contributed by atoms with Gasteiger partial charge in [-0.2, -0.15) is 0 Å². The number of rotatable bonds is 3. The van der Waals surface area contributed by atoms with Gasteiger partial charge >= 0.3 is 0 Å². The zero-order valence-electron chi connectivity index (χ0n) is 9.15. The summed E-state index contributed by atoms with van der Waals surface area (Å²) in [6.07, 6.45) is 0. The highest BCUT2D eigenvalue weighted by molar-refractivity contribution is 7.07. The summed E-state index contributed by atoms with van der Waals surface area (Å²) in [6.45, 7) is 0.686. The zero-order chi connectivity index (χ0) is 12.4. The molecular weight excluding hydrogens is 277 g/mol. The van der Waals surface area contributed by atoms with Crippen LogP contribution in [-0.4, -0.2) is 12.0 Å². The van der Waals surface area contributed by atoms with Gasteiger partial charge in [0, 0.05) is 12.4 Å². The van der Waals surface area contributed by atoms with E-state index in [0.29, 0.717) is 22.3 Å². The largest absolute Gasteiger partial charge is 0.397 e. The van der Waals surface area contributed by atoms with Crippen molar-refractivity contribution in [2.45, 2.75) is 6.54 Å². The molecule has 0 bridgehead atoms. The van der Waals surface area contributed by atoms with Gasteiger partial charge in [-0.1, -0.05) is 23.2 Å². The van der Waals surface area contributed by atoms with Gasteiger partial charge in [-0.05, 0) is 12.1 Å². The molecule has 0 atom stereocenters. The van der Waals surface area contributed by atoms with E-state index < -0.39 is 0 Å². The van der Waals surface area contributed by atoms with Crippen LogP contribution in [-0.2, 0) is 6.54 Å². The molecule has 1 aromatic heterocycles. The molecule has 0 aliphatic carbocycles. The monoisotopic (exact) mass is 287 g/mol. The lowest BCUT2D eigenvalue weighted by Crippen LogP contribution is -2.18. The van der Waals surface area contributed by atoms with Crippen molar-refractivity contribution in [1.82, 2.24) is 4.98 Å². The molecule has 0 aliphatic heterocycles. The fourth-order valence-electron chi connectivity index (χ4n) is 1.53. The summed E-state index contributed by atoms with van der Waals surface area (Å²) in [5.74, 6) is 0. The number of anilines is 2. The normalized spacial score (nSPS) is 10.5. The quantitative estimate of drug-likeness (QED) is 0.876. The van der Waals surface area contributed by atoms with Crippen molar-refractivity contribution >= 4 is 45.9 Å². The maximum atomic E-state index is 5.98. The Labute approximate surface area is 114 Å². The second-order valence-electron chi connectivity index (χ2n) is 3.66. The van der Waals surface area contributed by atoms with Gasteiger partial charge in [0.1, 0.15) is 0 Å². The third kappa shape index (κ3) is 2.83. The summed E-state index contributed by atoms with van der Waals surface area (Å²) < 4.78 is 0. The SMILES string of the molecule is CN(Cc1cscn1)c1cc(Cl)c(Cl)cc1N. The Morgan fingerprint density at radius 3 is 2.71 bits per heavy atom. The number of nitrogens with two attached hydrogens (primary N) is 1. The predicted molar refractivity (Wildman–Crippen MR) is 75.1 cm³/mol. The first kappa shape index (κ1) is 12.5. The van der Waals surface area contributed by atoms with Crippen molar-refractivity contribution in [3.63, 3.8) is 0 Å². The van der Waals surface area contributed by atoms with Crippen LogP contribution in [0, 0.1) is 0 Å². The molecule has 0 aliphatic rings. The van der Waals surface area contributed by atoms with Gasteiger partial charge in [-0.25, -0.2) is 4.98 Å². The first-order valence-electron chi connectivity index (χ1n) is 4.90. The standard InChI is InChI=1S/C11H11Cl2N3S/c1-16(4-7-5-17-6-15-7)11-3-9(13)8(12)2-10(11)14/h2-3,5-6H,4,14H2,1H3. The van der Waals surface area contributed by atoms with Crippen LogP contribution >= 0.6 is 34.5 Å². The molecule has 3 nitrogen and oxygen atoms in total. The summed E-state index contributed by atoms with van der Waals surface area (Å²) in [5.41, 5.74) is 10.2. The van der Waals surface area contributed by atoms with Gasteiger partial charge in [-0.15, -0.1) is 11.3 Å². The number of halogens is 2. The fraction of sp³-hybridized carbons (Fsp3) is 0.182. The number of hydrogen-bond donors (Lipinski definition) is 1. The van der Waals surface area contributed by atoms with E-state index in [9.17, 15) is 0 Å². The summed E-state index contributed by atoms with van der Waals surface area (Å²) in [5, 5.41) is 2.97. The minimum atomic E-state index is 0.468. The second kappa shape index (κ2) is 5.12. The van der Waals surface area contributed by atoms with Crippen molar-refractivity contribution in [2.75, 3.05) is 17.7 Å². The number of hydrogen-bond acceptors (Lipinski definition) is 4. The predicted octanol–water partition coefficient (Wildman–Crippen LogP) is 3.67. The Bertz CT molecular complexity index is 514. The maximum absolute atomic E-state index is 5.98. The molecule has 2 rings (SSSR count). The molecule has 6 heteroatoms. The Morgan fingerprint density at radius 1 is 1.35 bits per heavy atom. The van der Waals surface area contributed by atoms with Crippen molar-refractivity contribution in [3.05, 3.63) is 38.8 Å². The van der Waals surface area contributed by atoms with Crippen molar-refractivity contribution in [2.24, 2.45) is 0 Å². The first-order valence-corrected chi connectivity index (χ1v) is 6.60. The van der Waals surface area contributed by atoms with E-state index in [1.807, 2.05) is 17.3 Å². The van der Waals surface area contributed by atoms with Crippen LogP contribution in [0.15, 0.2) is 23.0 Å². The van der Waals surface area contributed by atoms with Gasteiger partial charge in [0.25, 0.3) is 0 Å². The number of aromatic nitrogens is 1. The van der Waals surface area contributed by atoms with Crippen molar-refractivity contribution < 1.29 is 0 Å². The number of nitrogens with zero attached hydrogens (tertiary/aromatic N) is 2. The fourth-order valence-corrected chi connectivity index (χ4v) is 2.41. The highest BCUT2D eigenvalue weighted by atomic mass is 35.5. The summed E-state index contributed by atoms with van der Waals surface area (Å²) in [4.78, 5) is 6.22. The Morgan fingerprint density at radius 2 is 2.06 bits per heavy atom. The molecule has 0 saturated carbocycles. The number of benzene rings is 1. The van der Waals surface area contributed by atoms with E-state index in [1.54, 1.807) is 29.0 Å². The van der Waals surface area contributed by atoms with Gasteiger partial charge in [0.15, 0.2) is 0 Å². The van der Waals surface area contributed by atoms with E-state index in [1.165, 1.54) is 0 Å². The first-order chi connectivity index (χ1) is 8.08. The van der Waals surface area contributed by atoms with Crippen LogP contribution in [0.3, 0.4) is 0 Å². The van der Waals surface area contributed by atoms with E-state index >= 15 is 0 Å². The number of nitrogen functional groups attached to an aromatic ring is 1. The van der Waals surface area contributed by atoms with Crippen LogP contribution in [0.4, 0.5) is 11.4 Å². The summed E-state index contributed by atoms with van der Waals surface area (Å²) >= 11 is 13.4. The number of thiazole rings is 1. The summed E-state index contributed by atoms with van der Waals surface area (Å²) in [6, 6.07) is 3.43. The molecule has 0 fully saturated rings. The molecule has 2 N–H and O–H groups in total. The van der Waals surface area contributed by atoms with E-state index in [-0.39, 0.29) is 0 Å². The molecule has 0 amide bonds. The van der Waals surface area contributed by atoms with Crippen molar-refractivity contribution in [1.29, 1.82) is 0 Å². The third-order valence-corrected chi connectivity index (χ3v) is 3.72. The molecule has 0 saturated heterocycles. The average Bonchev–Trinajstić information content (AvgIpc) is 2.76. The smallest absolute Gasteiger partial charge is 0.0795 e. The molecule has 2 aromatic rings. The summed E-state index contributed by atoms with van der Waals surface area (Å²) in [7, 11) is 1.94. The van der Waals surface area contributed by atoms with E-state index in [0.717, 1.165) is 11.4 Å². The molecular formula is C11H11Cl2N3S. The second-order valence-corrected chi connectivity index (χ2v) is 5.19. The molecule has 1 heterocycles. The van der Waals surface area contributed by atoms with E-state index in [4.69, 9.17) is 28.9 Å². The van der Waals surface area contributed by atoms with Gasteiger partial charge in [0.2, 0.25) is 0 Å². The minimum absolute atomic E-state index is 0.468. The van der Waals surface area contributed by atoms with Crippen LogP contribution in [0.25, 0.3) is 0 Å². The Hall–Kier alpha value is -0.970.